The number of rotatable bonds is 6. The minimum atomic E-state index is 0.126. The van der Waals surface area contributed by atoms with Crippen molar-refractivity contribution in [1.82, 2.24) is 4.90 Å². The predicted molar refractivity (Wildman–Crippen MR) is 91.9 cm³/mol. The number of likely N-dealkylation sites (N-methyl/N-ethyl adjacent to an activating group) is 1. The Morgan fingerprint density at radius 1 is 1.38 bits per heavy atom. The van der Waals surface area contributed by atoms with Crippen molar-refractivity contribution in [2.24, 2.45) is 5.73 Å². The molecule has 21 heavy (non-hydrogen) atoms. The molecule has 0 spiro atoms. The molecule has 1 unspecified atom stereocenters. The number of hydrogen-bond acceptors (Lipinski definition) is 4. The Kier molecular flexibility index (Phi) is 6.95. The Balaban J connectivity index is 1.96. The van der Waals surface area contributed by atoms with E-state index in [1.807, 2.05) is 0 Å². The standard InChI is InChI=1S/C15H22Br2N2O2/c1-2-19-5-6-20-12(9-19)10-21-15-13(16)7-11(3-4-18)8-14(15)17/h7-8,12H,2-6,9-10,18H2,1H3. The summed E-state index contributed by atoms with van der Waals surface area (Å²) in [5.74, 6) is 0.827. The Hall–Kier alpha value is -0.140. The zero-order valence-electron chi connectivity index (χ0n) is 12.3. The van der Waals surface area contributed by atoms with Crippen LogP contribution in [-0.4, -0.2) is 50.4 Å². The van der Waals surface area contributed by atoms with E-state index in [9.17, 15) is 0 Å². The number of nitrogens with two attached hydrogens (primary N) is 1. The van der Waals surface area contributed by atoms with Gasteiger partial charge in [-0.2, -0.15) is 0 Å². The fraction of sp³-hybridized carbons (Fsp3) is 0.600. The number of benzene rings is 1. The van der Waals surface area contributed by atoms with Crippen molar-refractivity contribution >= 4 is 31.9 Å². The normalized spacial score (nSPS) is 19.7. The summed E-state index contributed by atoms with van der Waals surface area (Å²) in [5.41, 5.74) is 6.79. The summed E-state index contributed by atoms with van der Waals surface area (Å²) in [6, 6.07) is 4.13. The van der Waals surface area contributed by atoms with Gasteiger partial charge in [-0.25, -0.2) is 0 Å². The van der Waals surface area contributed by atoms with E-state index in [-0.39, 0.29) is 6.10 Å². The first-order valence-corrected chi connectivity index (χ1v) is 8.87. The smallest absolute Gasteiger partial charge is 0.147 e. The second-order valence-electron chi connectivity index (χ2n) is 5.12. The molecule has 1 saturated heterocycles. The Labute approximate surface area is 143 Å². The molecule has 1 atom stereocenters. The molecule has 4 nitrogen and oxygen atoms in total. The summed E-state index contributed by atoms with van der Waals surface area (Å²) in [4.78, 5) is 2.38. The van der Waals surface area contributed by atoms with Crippen molar-refractivity contribution in [3.8, 4) is 5.75 Å². The number of halogens is 2. The highest BCUT2D eigenvalue weighted by Gasteiger charge is 2.20. The molecule has 1 aromatic rings. The van der Waals surface area contributed by atoms with Crippen LogP contribution in [0.25, 0.3) is 0 Å². The van der Waals surface area contributed by atoms with Gasteiger partial charge < -0.3 is 15.2 Å². The van der Waals surface area contributed by atoms with E-state index < -0.39 is 0 Å². The Morgan fingerprint density at radius 2 is 2.10 bits per heavy atom. The van der Waals surface area contributed by atoms with E-state index in [0.717, 1.165) is 47.4 Å². The first-order valence-electron chi connectivity index (χ1n) is 7.28. The van der Waals surface area contributed by atoms with Crippen molar-refractivity contribution in [1.29, 1.82) is 0 Å². The topological polar surface area (TPSA) is 47.7 Å². The second kappa shape index (κ2) is 8.48. The van der Waals surface area contributed by atoms with Gasteiger partial charge in [-0.05, 0) is 69.1 Å². The predicted octanol–water partition coefficient (Wildman–Crippen LogP) is 2.81. The van der Waals surface area contributed by atoms with Gasteiger partial charge in [-0.3, -0.25) is 4.90 Å². The number of hydrogen-bond donors (Lipinski definition) is 1. The van der Waals surface area contributed by atoms with Crippen molar-refractivity contribution < 1.29 is 9.47 Å². The maximum Gasteiger partial charge on any atom is 0.147 e. The van der Waals surface area contributed by atoms with Crippen LogP contribution in [0.4, 0.5) is 0 Å². The molecule has 1 aliphatic heterocycles. The van der Waals surface area contributed by atoms with E-state index in [1.165, 1.54) is 5.56 Å². The number of ether oxygens (including phenoxy) is 2. The van der Waals surface area contributed by atoms with Gasteiger partial charge in [-0.15, -0.1) is 0 Å². The van der Waals surface area contributed by atoms with Crippen LogP contribution in [0.5, 0.6) is 5.75 Å². The number of nitrogens with zero attached hydrogens (tertiary/aromatic N) is 1. The molecule has 2 rings (SSSR count). The van der Waals surface area contributed by atoms with Gasteiger partial charge in [0.05, 0.1) is 15.6 Å². The zero-order chi connectivity index (χ0) is 15.2. The van der Waals surface area contributed by atoms with Crippen LogP contribution >= 0.6 is 31.9 Å². The highest BCUT2D eigenvalue weighted by atomic mass is 79.9. The largest absolute Gasteiger partial charge is 0.488 e. The van der Waals surface area contributed by atoms with Gasteiger partial charge in [0.25, 0.3) is 0 Å². The van der Waals surface area contributed by atoms with Crippen molar-refractivity contribution in [3.63, 3.8) is 0 Å². The van der Waals surface area contributed by atoms with E-state index >= 15 is 0 Å². The first kappa shape index (κ1) is 17.2. The van der Waals surface area contributed by atoms with Gasteiger partial charge in [0.1, 0.15) is 18.5 Å². The molecule has 1 aliphatic rings. The molecule has 0 aliphatic carbocycles. The lowest BCUT2D eigenvalue weighted by molar-refractivity contribution is -0.0466. The molecule has 0 bridgehead atoms. The van der Waals surface area contributed by atoms with Crippen molar-refractivity contribution in [2.75, 3.05) is 39.4 Å². The highest BCUT2D eigenvalue weighted by molar-refractivity contribution is 9.11. The zero-order valence-corrected chi connectivity index (χ0v) is 15.5. The summed E-state index contributed by atoms with van der Waals surface area (Å²) < 4.78 is 13.6. The third kappa shape index (κ3) is 4.93. The van der Waals surface area contributed by atoms with Gasteiger partial charge in [0.15, 0.2) is 0 Å². The van der Waals surface area contributed by atoms with Gasteiger partial charge in [0.2, 0.25) is 0 Å². The summed E-state index contributed by atoms with van der Waals surface area (Å²) in [7, 11) is 0. The fourth-order valence-corrected chi connectivity index (χ4v) is 3.92. The summed E-state index contributed by atoms with van der Waals surface area (Å²) in [6.45, 7) is 7.14. The molecule has 0 radical (unpaired) electrons. The average molecular weight is 422 g/mol. The lowest BCUT2D eigenvalue weighted by atomic mass is 10.1. The van der Waals surface area contributed by atoms with Gasteiger partial charge >= 0.3 is 0 Å². The quantitative estimate of drug-likeness (QED) is 0.767. The molecule has 0 aromatic heterocycles. The van der Waals surface area contributed by atoms with Crippen LogP contribution in [0.15, 0.2) is 21.1 Å². The van der Waals surface area contributed by atoms with Gasteiger partial charge in [0, 0.05) is 13.1 Å². The number of morpholine rings is 1. The minimum absolute atomic E-state index is 0.126. The van der Waals surface area contributed by atoms with E-state index in [4.69, 9.17) is 15.2 Å². The average Bonchev–Trinajstić information content (AvgIpc) is 2.47. The third-order valence-electron chi connectivity index (χ3n) is 3.57. The molecule has 1 aromatic carbocycles. The highest BCUT2D eigenvalue weighted by Crippen LogP contribution is 2.35. The van der Waals surface area contributed by atoms with Crippen molar-refractivity contribution in [3.05, 3.63) is 26.6 Å². The van der Waals surface area contributed by atoms with Gasteiger partial charge in [-0.1, -0.05) is 6.92 Å². The van der Waals surface area contributed by atoms with Crippen LogP contribution in [0.3, 0.4) is 0 Å². The minimum Gasteiger partial charge on any atom is -0.488 e. The van der Waals surface area contributed by atoms with Crippen LogP contribution in [0.1, 0.15) is 12.5 Å². The Morgan fingerprint density at radius 3 is 2.71 bits per heavy atom. The monoisotopic (exact) mass is 420 g/mol. The van der Waals surface area contributed by atoms with E-state index in [0.29, 0.717) is 13.2 Å². The maximum absolute atomic E-state index is 5.96. The van der Waals surface area contributed by atoms with Crippen LogP contribution in [-0.2, 0) is 11.2 Å². The van der Waals surface area contributed by atoms with Crippen molar-refractivity contribution in [2.45, 2.75) is 19.4 Å². The molecular formula is C15H22Br2N2O2. The Bertz CT molecular complexity index is 448. The lowest BCUT2D eigenvalue weighted by Gasteiger charge is -2.32. The van der Waals surface area contributed by atoms with E-state index in [1.54, 1.807) is 0 Å². The molecule has 0 saturated carbocycles. The molecular weight excluding hydrogens is 400 g/mol. The second-order valence-corrected chi connectivity index (χ2v) is 6.83. The first-order chi connectivity index (χ1) is 10.1. The summed E-state index contributed by atoms with van der Waals surface area (Å²) in [5, 5.41) is 0. The molecule has 0 amide bonds. The molecule has 6 heteroatoms. The fourth-order valence-electron chi connectivity index (χ4n) is 2.41. The van der Waals surface area contributed by atoms with Crippen LogP contribution in [0.2, 0.25) is 0 Å². The SMILES string of the molecule is CCN1CCOC(COc2c(Br)cc(CCN)cc2Br)C1. The maximum atomic E-state index is 5.96. The van der Waals surface area contributed by atoms with Crippen LogP contribution in [0, 0.1) is 0 Å². The molecule has 1 heterocycles. The third-order valence-corrected chi connectivity index (χ3v) is 4.75. The van der Waals surface area contributed by atoms with E-state index in [2.05, 4.69) is 55.8 Å². The lowest BCUT2D eigenvalue weighted by Crippen LogP contribution is -2.44. The summed E-state index contributed by atoms with van der Waals surface area (Å²) >= 11 is 7.14. The molecule has 118 valence electrons. The molecule has 1 fully saturated rings. The summed E-state index contributed by atoms with van der Waals surface area (Å²) in [6.07, 6.45) is 0.982. The molecule has 2 N–H and O–H groups in total. The van der Waals surface area contributed by atoms with Crippen LogP contribution < -0.4 is 10.5 Å².